The maximum Gasteiger partial charge on any atom is 0.280 e. The first-order valence-electron chi connectivity index (χ1n) is 4.51. The number of nitrogen functional groups attached to an aromatic ring is 1. The molecule has 2 aromatic rings. The molecule has 2 rings (SSSR count). The van der Waals surface area contributed by atoms with Crippen molar-refractivity contribution in [2.24, 2.45) is 0 Å². The number of rotatable bonds is 1. The molecule has 0 aliphatic rings. The van der Waals surface area contributed by atoms with E-state index in [1.54, 1.807) is 24.3 Å². The minimum absolute atomic E-state index is 0. The summed E-state index contributed by atoms with van der Waals surface area (Å²) in [5, 5.41) is 0. The third-order valence-electron chi connectivity index (χ3n) is 1.77. The Hall–Kier alpha value is -1.22. The first kappa shape index (κ1) is 18.2. The van der Waals surface area contributed by atoms with Crippen LogP contribution in [-0.4, -0.2) is 13.1 Å². The number of ether oxygens (including phenoxy) is 1. The van der Waals surface area contributed by atoms with Crippen LogP contribution >= 0.6 is 12.4 Å². The second kappa shape index (κ2) is 9.97. The number of hydrogen-bond acceptors (Lipinski definition) is 3. The quantitative estimate of drug-likeness (QED) is 0.500. The average molecular weight is 296 g/mol. The van der Waals surface area contributed by atoms with Gasteiger partial charge < -0.3 is 40.4 Å². The van der Waals surface area contributed by atoms with Gasteiger partial charge in [-0.3, -0.25) is 4.79 Å². The van der Waals surface area contributed by atoms with E-state index in [4.69, 9.17) is 5.73 Å². The van der Waals surface area contributed by atoms with Gasteiger partial charge in [0.25, 0.3) is 5.97 Å². The van der Waals surface area contributed by atoms with Crippen molar-refractivity contribution in [1.29, 1.82) is 0 Å². The van der Waals surface area contributed by atoms with Crippen LogP contribution in [0, 0.1) is 0 Å². The predicted molar refractivity (Wildman–Crippen MR) is 67.1 cm³/mol. The molecule has 0 amide bonds. The molecular weight excluding hydrogens is 281 g/mol. The van der Waals surface area contributed by atoms with Crippen LogP contribution in [0.3, 0.4) is 0 Å². The summed E-state index contributed by atoms with van der Waals surface area (Å²) >= 11 is 0. The minimum Gasteiger partial charge on any atom is -0.746 e. The van der Waals surface area contributed by atoms with Gasteiger partial charge in [-0.1, -0.05) is 5.56 Å². The number of carbonyl (C=O) groups is 1. The number of carbonyl (C=O) groups excluding carboxylic acids is 1. The van der Waals surface area contributed by atoms with Crippen LogP contribution in [0.25, 0.3) is 0 Å². The molecule has 2 N–H and O–H groups in total. The van der Waals surface area contributed by atoms with Gasteiger partial charge >= 0.3 is 0 Å². The predicted octanol–water partition coefficient (Wildman–Crippen LogP) is 2.60. The zero-order valence-corrected chi connectivity index (χ0v) is 11.2. The summed E-state index contributed by atoms with van der Waals surface area (Å²) in [5.74, 6) is -0.278. The number of hydrogen-bond donors (Lipinski definition) is 1. The van der Waals surface area contributed by atoms with Crippen LogP contribution < -0.4 is 5.73 Å². The molecular formula is C12H14ClFeNO2-6. The van der Waals surface area contributed by atoms with Crippen molar-refractivity contribution < 1.29 is 26.6 Å². The molecule has 0 aliphatic carbocycles. The van der Waals surface area contributed by atoms with Gasteiger partial charge in [-0.25, -0.2) is 12.1 Å². The first-order valence-corrected chi connectivity index (χ1v) is 4.51. The van der Waals surface area contributed by atoms with E-state index in [1.807, 2.05) is 24.3 Å². The molecule has 17 heavy (non-hydrogen) atoms. The second-order valence-corrected chi connectivity index (χ2v) is 2.88. The van der Waals surface area contributed by atoms with Crippen molar-refractivity contribution in [2.45, 2.75) is 0 Å². The van der Waals surface area contributed by atoms with E-state index in [2.05, 4.69) is 4.74 Å². The van der Waals surface area contributed by atoms with Crippen molar-refractivity contribution in [2.75, 3.05) is 12.8 Å². The van der Waals surface area contributed by atoms with Crippen molar-refractivity contribution in [3.8, 4) is 0 Å². The molecule has 0 bridgehead atoms. The fourth-order valence-electron chi connectivity index (χ4n) is 1.02. The maximum absolute atomic E-state index is 10.7. The summed E-state index contributed by atoms with van der Waals surface area (Å²) in [4.78, 5) is 10.7. The monoisotopic (exact) mass is 295 g/mol. The zero-order chi connectivity index (χ0) is 11.1. The molecule has 0 unspecified atom stereocenters. The van der Waals surface area contributed by atoms with Gasteiger partial charge in [0.1, 0.15) is 0 Å². The summed E-state index contributed by atoms with van der Waals surface area (Å²) in [6.07, 6.45) is 0. The number of methoxy groups -OCH3 is 1. The molecule has 0 saturated carbocycles. The number of esters is 1. The van der Waals surface area contributed by atoms with Gasteiger partial charge in [0, 0.05) is 17.1 Å². The Balaban J connectivity index is 0. The Labute approximate surface area is 118 Å². The Bertz CT molecular complexity index is 385. The van der Waals surface area contributed by atoms with E-state index in [0.717, 1.165) is 5.69 Å². The summed E-state index contributed by atoms with van der Waals surface area (Å²) in [5.41, 5.74) is 6.73. The van der Waals surface area contributed by atoms with Gasteiger partial charge in [-0.2, -0.15) is 12.1 Å². The fourth-order valence-corrected chi connectivity index (χ4v) is 1.02. The summed E-state index contributed by atoms with van der Waals surface area (Å²) in [7, 11) is 1.37. The van der Waals surface area contributed by atoms with Crippen LogP contribution in [0.1, 0.15) is 10.4 Å². The Morgan fingerprint density at radius 2 is 1.71 bits per heavy atom. The number of halogens is 1. The molecule has 100 valence electrons. The molecule has 0 atom stereocenters. The van der Waals surface area contributed by atoms with Crippen LogP contribution in [-0.2, 0) is 21.8 Å². The van der Waals surface area contributed by atoms with Crippen LogP contribution in [0.5, 0.6) is 0 Å². The maximum atomic E-state index is 10.7. The van der Waals surface area contributed by atoms with E-state index in [1.165, 1.54) is 7.11 Å². The molecule has 3 nitrogen and oxygen atoms in total. The van der Waals surface area contributed by atoms with E-state index in [0.29, 0.717) is 5.56 Å². The molecule has 0 radical (unpaired) electrons. The van der Waals surface area contributed by atoms with E-state index in [9.17, 15) is 4.79 Å². The normalized spacial score (nSPS) is 7.82. The van der Waals surface area contributed by atoms with Gasteiger partial charge in [-0.05, 0) is 0 Å². The standard InChI is InChI=1S/C7H7O2.C5H6N.ClH.Fe/c1-9-7(8)6-4-2-3-5-6;6-5-3-1-2-4-5;;/h2-5H,1H3;1-4H,6H2;1H;/q-1;-5;;. The van der Waals surface area contributed by atoms with E-state index >= 15 is 0 Å². The summed E-state index contributed by atoms with van der Waals surface area (Å²) in [6.45, 7) is 0. The number of anilines is 1. The van der Waals surface area contributed by atoms with Crippen LogP contribution in [0.4, 0.5) is 5.69 Å². The van der Waals surface area contributed by atoms with Crippen molar-refractivity contribution in [3.63, 3.8) is 0 Å². The van der Waals surface area contributed by atoms with Crippen molar-refractivity contribution in [1.82, 2.24) is 0 Å². The third kappa shape index (κ3) is 6.84. The zero-order valence-electron chi connectivity index (χ0n) is 9.27. The van der Waals surface area contributed by atoms with Crippen LogP contribution in [0.15, 0.2) is 48.5 Å². The topological polar surface area (TPSA) is 52.3 Å². The van der Waals surface area contributed by atoms with Gasteiger partial charge in [0.2, 0.25) is 0 Å². The molecule has 0 spiro atoms. The Morgan fingerprint density at radius 1 is 1.24 bits per heavy atom. The number of nitrogens with two attached hydrogens (primary N) is 1. The van der Waals surface area contributed by atoms with Crippen molar-refractivity contribution >= 4 is 24.1 Å². The molecule has 0 heterocycles. The molecule has 0 aliphatic heterocycles. The van der Waals surface area contributed by atoms with E-state index < -0.39 is 0 Å². The summed E-state index contributed by atoms with van der Waals surface area (Å²) in [6, 6.07) is 14.6. The SMILES string of the molecule is COC(=O)[c-]1cccc1.Cl.N[c-]1[cH-][cH-][cH-][cH-]1.[Fe]. The molecule has 2 aromatic carbocycles. The molecule has 0 fully saturated rings. The largest absolute Gasteiger partial charge is 0.746 e. The first-order chi connectivity index (χ1) is 7.24. The van der Waals surface area contributed by atoms with Gasteiger partial charge in [-0.15, -0.1) is 12.4 Å². The van der Waals surface area contributed by atoms with Crippen molar-refractivity contribution in [3.05, 3.63) is 54.1 Å². The van der Waals surface area contributed by atoms with E-state index in [-0.39, 0.29) is 35.4 Å². The Kier molecular flexibility index (Phi) is 10.6. The Morgan fingerprint density at radius 3 is 2.00 bits per heavy atom. The minimum atomic E-state index is -0.278. The van der Waals surface area contributed by atoms with Gasteiger partial charge in [0.15, 0.2) is 0 Å². The third-order valence-corrected chi connectivity index (χ3v) is 1.77. The second-order valence-electron chi connectivity index (χ2n) is 2.88. The smallest absolute Gasteiger partial charge is 0.280 e. The van der Waals surface area contributed by atoms with Crippen LogP contribution in [0.2, 0.25) is 0 Å². The molecule has 0 aromatic heterocycles. The molecule has 0 saturated heterocycles. The molecule has 5 heteroatoms. The van der Waals surface area contributed by atoms with Gasteiger partial charge in [0.05, 0.1) is 7.11 Å². The fraction of sp³-hybridized carbons (Fsp3) is 0.0833. The summed E-state index contributed by atoms with van der Waals surface area (Å²) < 4.78 is 4.46. The average Bonchev–Trinajstić information content (AvgIpc) is 2.89.